The summed E-state index contributed by atoms with van der Waals surface area (Å²) < 4.78 is 29.5. The normalized spacial score (nSPS) is 11.3. The minimum absolute atomic E-state index is 0.137. The number of benzene rings is 2. The largest absolute Gasteiger partial charge is 0.490 e. The van der Waals surface area contributed by atoms with Gasteiger partial charge < -0.3 is 15.0 Å². The minimum atomic E-state index is -3.73. The number of nitro benzene ring substituents is 1. The van der Waals surface area contributed by atoms with Crippen LogP contribution < -0.4 is 10.1 Å². The molecular formula is C20H25N3O6S. The molecule has 0 spiro atoms. The van der Waals surface area contributed by atoms with Gasteiger partial charge in [-0.15, -0.1) is 0 Å². The van der Waals surface area contributed by atoms with Crippen LogP contribution >= 0.6 is 0 Å². The number of nitrogens with one attached hydrogen (secondary N) is 1. The zero-order valence-corrected chi connectivity index (χ0v) is 17.9. The van der Waals surface area contributed by atoms with E-state index < -0.39 is 26.4 Å². The molecule has 0 heterocycles. The predicted octanol–water partition coefficient (Wildman–Crippen LogP) is 2.97. The van der Waals surface area contributed by atoms with Crippen LogP contribution in [-0.2, 0) is 9.84 Å². The summed E-state index contributed by atoms with van der Waals surface area (Å²) in [5.41, 5.74) is -0.233. The maximum Gasteiger partial charge on any atom is 0.271 e. The van der Waals surface area contributed by atoms with Crippen LogP contribution in [0.4, 0.5) is 11.4 Å². The molecule has 0 bridgehead atoms. The average Bonchev–Trinajstić information content (AvgIpc) is 2.71. The van der Waals surface area contributed by atoms with Gasteiger partial charge in [-0.2, -0.15) is 0 Å². The van der Waals surface area contributed by atoms with Gasteiger partial charge in [-0.05, 0) is 31.3 Å². The number of rotatable bonds is 10. The second-order valence-electron chi connectivity index (χ2n) is 6.57. The van der Waals surface area contributed by atoms with Crippen molar-refractivity contribution >= 4 is 27.1 Å². The second kappa shape index (κ2) is 10.2. The summed E-state index contributed by atoms with van der Waals surface area (Å²) in [5, 5.41) is 13.8. The zero-order valence-electron chi connectivity index (χ0n) is 17.1. The van der Waals surface area contributed by atoms with Gasteiger partial charge in [-0.25, -0.2) is 8.42 Å². The number of carbonyl (C=O) groups is 1. The number of amides is 1. The topological polar surface area (TPSA) is 119 Å². The number of nitro groups is 1. The lowest BCUT2D eigenvalue weighted by molar-refractivity contribution is -0.385. The summed E-state index contributed by atoms with van der Waals surface area (Å²) in [4.78, 5) is 25.0. The highest BCUT2D eigenvalue weighted by molar-refractivity contribution is 7.90. The number of non-ortho nitro benzene ring substituents is 1. The lowest BCUT2D eigenvalue weighted by Crippen LogP contribution is -2.28. The SMILES string of the molecule is CCN(CC)CCOc1ccccc1NC(=O)c1cc([N+](=O)[O-])cc(S(C)(=O)=O)c1. The zero-order chi connectivity index (χ0) is 22.3. The second-order valence-corrected chi connectivity index (χ2v) is 8.59. The molecule has 0 aliphatic carbocycles. The molecule has 10 heteroatoms. The summed E-state index contributed by atoms with van der Waals surface area (Å²) in [6.07, 6.45) is 0.923. The molecule has 0 atom stereocenters. The molecule has 0 aliphatic heterocycles. The Bertz CT molecular complexity index is 1020. The molecule has 0 radical (unpaired) electrons. The van der Waals surface area contributed by atoms with E-state index in [1.54, 1.807) is 24.3 Å². The summed E-state index contributed by atoms with van der Waals surface area (Å²) in [5.74, 6) is -0.227. The van der Waals surface area contributed by atoms with E-state index in [1.165, 1.54) is 0 Å². The van der Waals surface area contributed by atoms with Gasteiger partial charge in [0, 0.05) is 30.5 Å². The fraction of sp³-hybridized carbons (Fsp3) is 0.350. The van der Waals surface area contributed by atoms with Gasteiger partial charge >= 0.3 is 0 Å². The third kappa shape index (κ3) is 6.26. The third-order valence-electron chi connectivity index (χ3n) is 4.49. The Balaban J connectivity index is 2.24. The van der Waals surface area contributed by atoms with Crippen LogP contribution in [0.15, 0.2) is 47.4 Å². The smallest absolute Gasteiger partial charge is 0.271 e. The van der Waals surface area contributed by atoms with Crippen LogP contribution in [0.3, 0.4) is 0 Å². The molecule has 1 N–H and O–H groups in total. The van der Waals surface area contributed by atoms with Crippen molar-refractivity contribution in [3.63, 3.8) is 0 Å². The quantitative estimate of drug-likeness (QED) is 0.450. The van der Waals surface area contributed by atoms with Gasteiger partial charge in [0.25, 0.3) is 11.6 Å². The molecule has 0 saturated carbocycles. The van der Waals surface area contributed by atoms with Crippen molar-refractivity contribution < 1.29 is 22.9 Å². The Kier molecular flexibility index (Phi) is 7.90. The number of ether oxygens (including phenoxy) is 1. The van der Waals surface area contributed by atoms with E-state index in [1.807, 2.05) is 0 Å². The van der Waals surface area contributed by atoms with Gasteiger partial charge in [0.1, 0.15) is 12.4 Å². The van der Waals surface area contributed by atoms with E-state index in [0.29, 0.717) is 18.0 Å². The molecule has 0 aromatic heterocycles. The van der Waals surface area contributed by atoms with Crippen molar-refractivity contribution in [3.8, 4) is 5.75 Å². The molecule has 2 rings (SSSR count). The molecule has 162 valence electrons. The maximum atomic E-state index is 12.7. The van der Waals surface area contributed by atoms with E-state index in [-0.39, 0.29) is 10.5 Å². The fourth-order valence-corrected chi connectivity index (χ4v) is 3.42. The first-order valence-corrected chi connectivity index (χ1v) is 11.3. The fourth-order valence-electron chi connectivity index (χ4n) is 2.75. The number of carbonyl (C=O) groups excluding carboxylic acids is 1. The standard InChI is InChI=1S/C20H25N3O6S/c1-4-22(5-2)10-11-29-19-9-7-6-8-18(19)21-20(24)15-12-16(23(25)26)14-17(13-15)30(3,27)28/h6-9,12-14H,4-5,10-11H2,1-3H3,(H,21,24). The Morgan fingerprint density at radius 3 is 2.43 bits per heavy atom. The molecule has 9 nitrogen and oxygen atoms in total. The van der Waals surface area contributed by atoms with E-state index in [2.05, 4.69) is 24.1 Å². The van der Waals surface area contributed by atoms with E-state index >= 15 is 0 Å². The molecule has 0 aliphatic rings. The number of anilines is 1. The van der Waals surface area contributed by atoms with Gasteiger partial charge in [0.15, 0.2) is 9.84 Å². The van der Waals surface area contributed by atoms with Gasteiger partial charge in [0.05, 0.1) is 15.5 Å². The first-order valence-electron chi connectivity index (χ1n) is 9.40. The monoisotopic (exact) mass is 435 g/mol. The first-order chi connectivity index (χ1) is 14.2. The summed E-state index contributed by atoms with van der Waals surface area (Å²) in [6, 6.07) is 9.89. The van der Waals surface area contributed by atoms with Crippen LogP contribution in [0.5, 0.6) is 5.75 Å². The molecule has 2 aromatic carbocycles. The lowest BCUT2D eigenvalue weighted by Gasteiger charge is -2.19. The van der Waals surface area contributed by atoms with E-state index in [9.17, 15) is 23.3 Å². The van der Waals surface area contributed by atoms with Gasteiger partial charge in [-0.3, -0.25) is 14.9 Å². The van der Waals surface area contributed by atoms with Crippen LogP contribution in [0, 0.1) is 10.1 Å². The molecule has 0 saturated heterocycles. The predicted molar refractivity (Wildman–Crippen MR) is 114 cm³/mol. The average molecular weight is 436 g/mol. The Morgan fingerprint density at radius 1 is 1.17 bits per heavy atom. The van der Waals surface area contributed by atoms with Crippen LogP contribution in [-0.4, -0.2) is 56.6 Å². The Morgan fingerprint density at radius 2 is 1.83 bits per heavy atom. The van der Waals surface area contributed by atoms with E-state index in [4.69, 9.17) is 4.74 Å². The maximum absolute atomic E-state index is 12.7. The number of nitrogens with zero attached hydrogens (tertiary/aromatic N) is 2. The summed E-state index contributed by atoms with van der Waals surface area (Å²) in [6.45, 7) is 7.05. The van der Waals surface area contributed by atoms with Crippen LogP contribution in [0.25, 0.3) is 0 Å². The Hall–Kier alpha value is -2.98. The highest BCUT2D eigenvalue weighted by atomic mass is 32.2. The van der Waals surface area contributed by atoms with Crippen molar-refractivity contribution in [3.05, 3.63) is 58.1 Å². The van der Waals surface area contributed by atoms with E-state index in [0.717, 1.165) is 44.1 Å². The number of hydrogen-bond donors (Lipinski definition) is 1. The first kappa shape index (κ1) is 23.3. The van der Waals surface area contributed by atoms with Gasteiger partial charge in [-0.1, -0.05) is 26.0 Å². The van der Waals surface area contributed by atoms with Crippen molar-refractivity contribution in [1.29, 1.82) is 0 Å². The van der Waals surface area contributed by atoms with Gasteiger partial charge in [0.2, 0.25) is 0 Å². The minimum Gasteiger partial charge on any atom is -0.490 e. The summed E-state index contributed by atoms with van der Waals surface area (Å²) in [7, 11) is -3.73. The number of sulfone groups is 1. The number of hydrogen-bond acceptors (Lipinski definition) is 7. The van der Waals surface area contributed by atoms with Crippen LogP contribution in [0.1, 0.15) is 24.2 Å². The van der Waals surface area contributed by atoms with Crippen molar-refractivity contribution in [1.82, 2.24) is 4.90 Å². The molecule has 30 heavy (non-hydrogen) atoms. The molecule has 1 amide bonds. The highest BCUT2D eigenvalue weighted by Gasteiger charge is 2.20. The van der Waals surface area contributed by atoms with Crippen LogP contribution in [0.2, 0.25) is 0 Å². The highest BCUT2D eigenvalue weighted by Crippen LogP contribution is 2.26. The number of para-hydroxylation sites is 2. The lowest BCUT2D eigenvalue weighted by atomic mass is 10.2. The third-order valence-corrected chi connectivity index (χ3v) is 5.58. The molecule has 2 aromatic rings. The van der Waals surface area contributed by atoms with Crippen molar-refractivity contribution in [2.45, 2.75) is 18.7 Å². The Labute approximate surface area is 175 Å². The van der Waals surface area contributed by atoms with Crippen molar-refractivity contribution in [2.24, 2.45) is 0 Å². The molecule has 0 fully saturated rings. The molecular weight excluding hydrogens is 410 g/mol. The number of likely N-dealkylation sites (N-methyl/N-ethyl adjacent to an activating group) is 1. The molecule has 0 unspecified atom stereocenters. The van der Waals surface area contributed by atoms with Crippen molar-refractivity contribution in [2.75, 3.05) is 37.8 Å². The summed E-state index contributed by atoms with van der Waals surface area (Å²) >= 11 is 0.